The van der Waals surface area contributed by atoms with Crippen LogP contribution in [0.15, 0.2) is 24.3 Å². The molecule has 0 bridgehead atoms. The van der Waals surface area contributed by atoms with Gasteiger partial charge in [-0.2, -0.15) is 0 Å². The van der Waals surface area contributed by atoms with Crippen LogP contribution in [0, 0.1) is 5.41 Å². The molecule has 0 spiro atoms. The van der Waals surface area contributed by atoms with Gasteiger partial charge in [0.25, 0.3) is 0 Å². The summed E-state index contributed by atoms with van der Waals surface area (Å²) in [6.45, 7) is 8.19. The summed E-state index contributed by atoms with van der Waals surface area (Å²) in [6.07, 6.45) is 1.06. The van der Waals surface area contributed by atoms with Crippen LogP contribution in [0.2, 0.25) is 5.02 Å². The van der Waals surface area contributed by atoms with E-state index in [-0.39, 0.29) is 17.8 Å². The largest absolute Gasteiger partial charge is 0.492 e. The third-order valence-corrected chi connectivity index (χ3v) is 4.10. The van der Waals surface area contributed by atoms with E-state index in [2.05, 4.69) is 18.7 Å². The first-order valence-corrected chi connectivity index (χ1v) is 7.21. The smallest absolute Gasteiger partial charge is 0.120 e. The highest BCUT2D eigenvalue weighted by molar-refractivity contribution is 6.30. The lowest BCUT2D eigenvalue weighted by atomic mass is 9.80. The second-order valence-corrected chi connectivity index (χ2v) is 6.40. The van der Waals surface area contributed by atoms with E-state index in [1.807, 2.05) is 24.3 Å². The van der Waals surface area contributed by atoms with Gasteiger partial charge in [0.1, 0.15) is 12.4 Å². The van der Waals surface area contributed by atoms with Gasteiger partial charge in [0.2, 0.25) is 0 Å². The van der Waals surface area contributed by atoms with Crippen molar-refractivity contribution in [2.24, 2.45) is 11.1 Å². The second-order valence-electron chi connectivity index (χ2n) is 5.97. The topological polar surface area (TPSA) is 38.5 Å². The van der Waals surface area contributed by atoms with Crippen LogP contribution in [0.4, 0.5) is 0 Å². The maximum Gasteiger partial charge on any atom is 0.120 e. The zero-order valence-corrected chi connectivity index (χ0v) is 13.7. The van der Waals surface area contributed by atoms with Crippen LogP contribution in [0.25, 0.3) is 0 Å². The lowest BCUT2D eigenvalue weighted by Crippen LogP contribution is -2.53. The van der Waals surface area contributed by atoms with Crippen LogP contribution in [-0.4, -0.2) is 37.2 Å². The predicted octanol–water partition coefficient (Wildman–Crippen LogP) is 3.20. The summed E-state index contributed by atoms with van der Waals surface area (Å²) in [5.41, 5.74) is 6.33. The van der Waals surface area contributed by atoms with Crippen LogP contribution < -0.4 is 10.5 Å². The molecule has 0 aliphatic carbocycles. The molecule has 1 aliphatic heterocycles. The zero-order chi connectivity index (χ0) is 13.9. The van der Waals surface area contributed by atoms with E-state index in [4.69, 9.17) is 22.1 Å². The summed E-state index contributed by atoms with van der Waals surface area (Å²) in [5, 5.41) is 0.711. The molecule has 1 aromatic carbocycles. The summed E-state index contributed by atoms with van der Waals surface area (Å²) in [4.78, 5) is 2.42. The molecule has 1 unspecified atom stereocenters. The van der Waals surface area contributed by atoms with Crippen molar-refractivity contribution < 1.29 is 4.74 Å². The van der Waals surface area contributed by atoms with E-state index in [1.54, 1.807) is 0 Å². The normalized spacial score (nSPS) is 22.1. The molecular formula is C15H24Cl2N2O. The molecule has 2 N–H and O–H groups in total. The van der Waals surface area contributed by atoms with Gasteiger partial charge in [-0.15, -0.1) is 12.4 Å². The van der Waals surface area contributed by atoms with E-state index >= 15 is 0 Å². The number of ether oxygens (including phenoxy) is 1. The fraction of sp³-hybridized carbons (Fsp3) is 0.600. The molecule has 1 heterocycles. The van der Waals surface area contributed by atoms with Crippen molar-refractivity contribution >= 4 is 24.0 Å². The predicted molar refractivity (Wildman–Crippen MR) is 87.0 cm³/mol. The van der Waals surface area contributed by atoms with Gasteiger partial charge in [0.15, 0.2) is 0 Å². The van der Waals surface area contributed by atoms with Gasteiger partial charge >= 0.3 is 0 Å². The molecule has 1 fully saturated rings. The molecule has 1 aliphatic rings. The number of halogens is 2. The van der Waals surface area contributed by atoms with Crippen molar-refractivity contribution in [3.63, 3.8) is 0 Å². The highest BCUT2D eigenvalue weighted by atomic mass is 35.5. The van der Waals surface area contributed by atoms with E-state index in [1.165, 1.54) is 0 Å². The Morgan fingerprint density at radius 2 is 2.20 bits per heavy atom. The van der Waals surface area contributed by atoms with Crippen molar-refractivity contribution in [1.82, 2.24) is 4.90 Å². The van der Waals surface area contributed by atoms with Crippen LogP contribution in [0.5, 0.6) is 5.75 Å². The minimum Gasteiger partial charge on any atom is -0.492 e. The molecule has 0 radical (unpaired) electrons. The Hall–Kier alpha value is -0.480. The highest BCUT2D eigenvalue weighted by Gasteiger charge is 2.32. The molecule has 20 heavy (non-hydrogen) atoms. The molecule has 114 valence electrons. The lowest BCUT2D eigenvalue weighted by molar-refractivity contribution is 0.0831. The van der Waals surface area contributed by atoms with Crippen LogP contribution in [0.1, 0.15) is 20.3 Å². The van der Waals surface area contributed by atoms with Gasteiger partial charge < -0.3 is 10.5 Å². The summed E-state index contributed by atoms with van der Waals surface area (Å²) >= 11 is 5.92. The van der Waals surface area contributed by atoms with Crippen molar-refractivity contribution in [3.05, 3.63) is 29.3 Å². The SMILES string of the molecule is CC1(C)CN(CCOc2cccc(Cl)c2)CCC1N.Cl. The maximum absolute atomic E-state index is 6.14. The minimum absolute atomic E-state index is 0. The van der Waals surface area contributed by atoms with Gasteiger partial charge in [-0.05, 0) is 36.6 Å². The number of nitrogens with zero attached hydrogens (tertiary/aromatic N) is 1. The van der Waals surface area contributed by atoms with Crippen molar-refractivity contribution in [2.75, 3.05) is 26.2 Å². The summed E-state index contributed by atoms with van der Waals surface area (Å²) in [5.74, 6) is 0.834. The average molecular weight is 319 g/mol. The minimum atomic E-state index is 0. The Morgan fingerprint density at radius 3 is 2.85 bits per heavy atom. The van der Waals surface area contributed by atoms with Crippen LogP contribution >= 0.6 is 24.0 Å². The highest BCUT2D eigenvalue weighted by Crippen LogP contribution is 2.27. The monoisotopic (exact) mass is 318 g/mol. The van der Waals surface area contributed by atoms with Crippen LogP contribution in [0.3, 0.4) is 0 Å². The first-order valence-electron chi connectivity index (χ1n) is 6.84. The molecule has 1 atom stereocenters. The number of benzene rings is 1. The molecule has 5 heteroatoms. The van der Waals surface area contributed by atoms with Crippen molar-refractivity contribution in [1.29, 1.82) is 0 Å². The van der Waals surface area contributed by atoms with Crippen LogP contribution in [-0.2, 0) is 0 Å². The Balaban J connectivity index is 0.00000200. The fourth-order valence-corrected chi connectivity index (χ4v) is 2.71. The number of nitrogens with two attached hydrogens (primary N) is 1. The van der Waals surface area contributed by atoms with E-state index < -0.39 is 0 Å². The molecule has 1 saturated heterocycles. The van der Waals surface area contributed by atoms with Crippen molar-refractivity contribution in [3.8, 4) is 5.75 Å². The Morgan fingerprint density at radius 1 is 1.45 bits per heavy atom. The molecular weight excluding hydrogens is 295 g/mol. The zero-order valence-electron chi connectivity index (χ0n) is 12.1. The summed E-state index contributed by atoms with van der Waals surface area (Å²) < 4.78 is 5.73. The summed E-state index contributed by atoms with van der Waals surface area (Å²) in [7, 11) is 0. The summed E-state index contributed by atoms with van der Waals surface area (Å²) in [6, 6.07) is 7.83. The van der Waals surface area contributed by atoms with Gasteiger partial charge in [-0.1, -0.05) is 31.5 Å². The van der Waals surface area contributed by atoms with E-state index in [0.717, 1.165) is 31.8 Å². The molecule has 2 rings (SSSR count). The van der Waals surface area contributed by atoms with Gasteiger partial charge in [-0.3, -0.25) is 4.90 Å². The Labute approximate surface area is 132 Å². The Kier molecular flexibility index (Phi) is 6.59. The third-order valence-electron chi connectivity index (χ3n) is 3.86. The number of likely N-dealkylation sites (tertiary alicyclic amines) is 1. The fourth-order valence-electron chi connectivity index (χ4n) is 2.53. The lowest BCUT2D eigenvalue weighted by Gasteiger charge is -2.42. The van der Waals surface area contributed by atoms with E-state index in [0.29, 0.717) is 17.7 Å². The quantitative estimate of drug-likeness (QED) is 0.926. The first-order chi connectivity index (χ1) is 8.97. The average Bonchev–Trinajstić information content (AvgIpc) is 2.33. The number of rotatable bonds is 4. The molecule has 1 aromatic rings. The molecule has 3 nitrogen and oxygen atoms in total. The number of hydrogen-bond donors (Lipinski definition) is 1. The maximum atomic E-state index is 6.14. The molecule has 0 saturated carbocycles. The Bertz CT molecular complexity index is 426. The van der Waals surface area contributed by atoms with Gasteiger partial charge in [0.05, 0.1) is 0 Å². The second kappa shape index (κ2) is 7.51. The first kappa shape index (κ1) is 17.6. The van der Waals surface area contributed by atoms with E-state index in [9.17, 15) is 0 Å². The van der Waals surface area contributed by atoms with Crippen molar-refractivity contribution in [2.45, 2.75) is 26.3 Å². The number of piperidine rings is 1. The number of hydrogen-bond acceptors (Lipinski definition) is 3. The van der Waals surface area contributed by atoms with Gasteiger partial charge in [-0.25, -0.2) is 0 Å². The third kappa shape index (κ3) is 4.81. The molecule has 0 aromatic heterocycles. The van der Waals surface area contributed by atoms with Gasteiger partial charge in [0, 0.05) is 24.2 Å². The standard InChI is InChI=1S/C15H23ClN2O.ClH/c1-15(2)11-18(7-6-14(15)17)8-9-19-13-5-3-4-12(16)10-13;/h3-5,10,14H,6-9,11,17H2,1-2H3;1H. The molecule has 0 amide bonds.